The van der Waals surface area contributed by atoms with E-state index in [-0.39, 0.29) is 23.9 Å². The molecule has 2 aromatic carbocycles. The third kappa shape index (κ3) is 7.01. The minimum absolute atomic E-state index is 0.0103. The van der Waals surface area contributed by atoms with Crippen LogP contribution in [0.3, 0.4) is 0 Å². The van der Waals surface area contributed by atoms with Crippen molar-refractivity contribution in [2.24, 2.45) is 0 Å². The van der Waals surface area contributed by atoms with Crippen LogP contribution in [0, 0.1) is 0 Å². The number of halogens is 7. The Hall–Kier alpha value is -3.01. The maximum absolute atomic E-state index is 12.9. The van der Waals surface area contributed by atoms with Gasteiger partial charge < -0.3 is 9.47 Å². The Bertz CT molecular complexity index is 1040. The molecule has 0 saturated heterocycles. The highest BCUT2D eigenvalue weighted by molar-refractivity contribution is 6.31. The highest BCUT2D eigenvalue weighted by Gasteiger charge is 2.33. The Balaban J connectivity index is 1.52. The molecule has 0 aliphatic carbocycles. The van der Waals surface area contributed by atoms with Crippen LogP contribution in [0.25, 0.3) is 0 Å². The summed E-state index contributed by atoms with van der Waals surface area (Å²) >= 11 is 5.59. The molecule has 0 aliphatic heterocycles. The Morgan fingerprint density at radius 2 is 1.44 bits per heavy atom. The molecule has 0 atom stereocenters. The summed E-state index contributed by atoms with van der Waals surface area (Å²) in [6.07, 6.45) is -7.49. The van der Waals surface area contributed by atoms with Crippen molar-refractivity contribution >= 4 is 11.6 Å². The summed E-state index contributed by atoms with van der Waals surface area (Å²) in [6, 6.07) is 9.80. The number of alkyl halides is 6. The average Bonchev–Trinajstić information content (AvgIpc) is 2.70. The maximum atomic E-state index is 12.9. The van der Waals surface area contributed by atoms with Gasteiger partial charge in [0.1, 0.15) is 11.5 Å². The van der Waals surface area contributed by atoms with E-state index in [0.717, 1.165) is 30.1 Å². The maximum Gasteiger partial charge on any atom is 0.417 e. The third-order valence-electron chi connectivity index (χ3n) is 4.11. The zero-order chi connectivity index (χ0) is 23.4. The Labute approximate surface area is 183 Å². The van der Waals surface area contributed by atoms with Gasteiger partial charge in [-0.25, -0.2) is 9.97 Å². The Kier molecular flexibility index (Phi) is 7.12. The number of benzene rings is 2. The lowest BCUT2D eigenvalue weighted by Gasteiger charge is -2.12. The van der Waals surface area contributed by atoms with Gasteiger partial charge in [-0.05, 0) is 41.5 Å². The second-order valence-corrected chi connectivity index (χ2v) is 7.06. The Morgan fingerprint density at radius 1 is 0.812 bits per heavy atom. The van der Waals surface area contributed by atoms with Gasteiger partial charge >= 0.3 is 18.4 Å². The molecule has 11 heteroatoms. The zero-order valence-electron chi connectivity index (χ0n) is 16.2. The quantitative estimate of drug-likeness (QED) is 0.357. The first-order valence-corrected chi connectivity index (χ1v) is 9.51. The van der Waals surface area contributed by atoms with Gasteiger partial charge in [0.15, 0.2) is 0 Å². The van der Waals surface area contributed by atoms with Gasteiger partial charge in [-0.3, -0.25) is 0 Å². The highest BCUT2D eigenvalue weighted by Crippen LogP contribution is 2.37. The van der Waals surface area contributed by atoms with Crippen LogP contribution in [0.2, 0.25) is 5.02 Å². The summed E-state index contributed by atoms with van der Waals surface area (Å²) in [4.78, 5) is 7.49. The van der Waals surface area contributed by atoms with Gasteiger partial charge in [0.05, 0.1) is 23.6 Å². The van der Waals surface area contributed by atoms with E-state index in [0.29, 0.717) is 12.2 Å². The van der Waals surface area contributed by atoms with E-state index < -0.39 is 29.4 Å². The van der Waals surface area contributed by atoms with Crippen LogP contribution >= 0.6 is 11.6 Å². The van der Waals surface area contributed by atoms with Gasteiger partial charge in [0.25, 0.3) is 0 Å². The molecule has 0 radical (unpaired) electrons. The van der Waals surface area contributed by atoms with Crippen LogP contribution in [0.5, 0.6) is 17.5 Å². The van der Waals surface area contributed by atoms with E-state index in [4.69, 9.17) is 21.1 Å². The fourth-order valence-corrected chi connectivity index (χ4v) is 2.87. The number of hydrogen-bond donors (Lipinski definition) is 0. The second kappa shape index (κ2) is 9.64. The highest BCUT2D eigenvalue weighted by atomic mass is 35.5. The largest absolute Gasteiger partial charge is 0.463 e. The Morgan fingerprint density at radius 3 is 2.03 bits per heavy atom. The van der Waals surface area contributed by atoms with Crippen molar-refractivity contribution < 1.29 is 35.8 Å². The first-order chi connectivity index (χ1) is 15.0. The van der Waals surface area contributed by atoms with Crippen LogP contribution in [0.15, 0.2) is 54.9 Å². The van der Waals surface area contributed by atoms with Crippen molar-refractivity contribution in [2.75, 3.05) is 6.61 Å². The summed E-state index contributed by atoms with van der Waals surface area (Å²) < 4.78 is 86.6. The van der Waals surface area contributed by atoms with Crippen molar-refractivity contribution in [3.05, 3.63) is 76.6 Å². The monoisotopic (exact) mass is 476 g/mol. The number of nitrogens with zero attached hydrogens (tertiary/aromatic N) is 2. The predicted molar refractivity (Wildman–Crippen MR) is 104 cm³/mol. The van der Waals surface area contributed by atoms with Gasteiger partial charge in [0, 0.05) is 18.8 Å². The molecule has 0 amide bonds. The van der Waals surface area contributed by atoms with E-state index >= 15 is 0 Å². The first kappa shape index (κ1) is 23.6. The van der Waals surface area contributed by atoms with E-state index in [9.17, 15) is 26.3 Å². The smallest absolute Gasteiger partial charge is 0.417 e. The van der Waals surface area contributed by atoms with Gasteiger partial charge in [-0.15, -0.1) is 0 Å². The molecular formula is C21H15ClF6N2O2. The zero-order valence-corrected chi connectivity index (χ0v) is 16.9. The van der Waals surface area contributed by atoms with Crippen LogP contribution in [0.1, 0.15) is 16.7 Å². The minimum Gasteiger partial charge on any atom is -0.463 e. The lowest BCUT2D eigenvalue weighted by Crippen LogP contribution is -2.12. The molecule has 0 saturated carbocycles. The van der Waals surface area contributed by atoms with Gasteiger partial charge in [-0.2, -0.15) is 26.3 Å². The summed E-state index contributed by atoms with van der Waals surface area (Å²) in [5, 5.41) is -0.417. The van der Waals surface area contributed by atoms with Crippen LogP contribution in [-0.2, 0) is 19.0 Å². The summed E-state index contributed by atoms with van der Waals surface area (Å²) in [5.41, 5.74) is -0.222. The SMILES string of the molecule is FC(F)(F)Cc1cnc(OCCc2ccc(Oc3ccc(Cl)c(C(F)(F)F)c3)cc2)nc1. The fraction of sp³-hybridized carbons (Fsp3) is 0.238. The van der Waals surface area contributed by atoms with E-state index in [1.165, 1.54) is 6.07 Å². The van der Waals surface area contributed by atoms with Crippen LogP contribution in [-0.4, -0.2) is 22.8 Å². The van der Waals surface area contributed by atoms with Gasteiger partial charge in [0.2, 0.25) is 0 Å². The van der Waals surface area contributed by atoms with E-state index in [2.05, 4.69) is 9.97 Å². The number of ether oxygens (including phenoxy) is 2. The third-order valence-corrected chi connectivity index (χ3v) is 4.44. The van der Waals surface area contributed by atoms with Crippen molar-refractivity contribution in [2.45, 2.75) is 25.2 Å². The molecule has 0 unspecified atom stereocenters. The number of hydrogen-bond acceptors (Lipinski definition) is 4. The summed E-state index contributed by atoms with van der Waals surface area (Å²) in [5.74, 6) is 0.317. The van der Waals surface area contributed by atoms with Crippen molar-refractivity contribution in [1.29, 1.82) is 0 Å². The first-order valence-electron chi connectivity index (χ1n) is 9.13. The molecule has 170 valence electrons. The standard InChI is InChI=1S/C21H15ClF6N2O2/c22-18-6-5-16(9-17(18)21(26,27)28)32-15-3-1-13(2-4-15)7-8-31-19-29-11-14(12-30-19)10-20(23,24)25/h1-6,9,11-12H,7-8,10H2. The molecule has 0 bridgehead atoms. The predicted octanol–water partition coefficient (Wildman–Crippen LogP) is 6.67. The fourth-order valence-electron chi connectivity index (χ4n) is 2.65. The molecule has 0 N–H and O–H groups in total. The molecule has 4 nitrogen and oxygen atoms in total. The molecule has 3 aromatic rings. The van der Waals surface area contributed by atoms with Crippen molar-refractivity contribution in [1.82, 2.24) is 9.97 Å². The van der Waals surface area contributed by atoms with E-state index in [1.807, 2.05) is 0 Å². The minimum atomic E-state index is -4.59. The lowest BCUT2D eigenvalue weighted by atomic mass is 10.1. The van der Waals surface area contributed by atoms with Crippen molar-refractivity contribution in [3.63, 3.8) is 0 Å². The second-order valence-electron chi connectivity index (χ2n) is 6.65. The van der Waals surface area contributed by atoms with Gasteiger partial charge in [-0.1, -0.05) is 23.7 Å². The average molecular weight is 477 g/mol. The molecule has 0 fully saturated rings. The molecule has 3 rings (SSSR count). The van der Waals surface area contributed by atoms with Crippen molar-refractivity contribution in [3.8, 4) is 17.5 Å². The number of rotatable bonds is 7. The lowest BCUT2D eigenvalue weighted by molar-refractivity contribution is -0.137. The molecule has 1 aromatic heterocycles. The molecule has 32 heavy (non-hydrogen) atoms. The number of aromatic nitrogens is 2. The normalized spacial score (nSPS) is 12.0. The van der Waals surface area contributed by atoms with E-state index in [1.54, 1.807) is 24.3 Å². The topological polar surface area (TPSA) is 44.2 Å². The van der Waals surface area contributed by atoms with Crippen LogP contribution < -0.4 is 9.47 Å². The molecule has 0 spiro atoms. The van der Waals surface area contributed by atoms with Crippen LogP contribution in [0.4, 0.5) is 26.3 Å². The molecular weight excluding hydrogens is 462 g/mol. The summed E-state index contributed by atoms with van der Waals surface area (Å²) in [7, 11) is 0. The molecule has 1 heterocycles. The molecule has 0 aliphatic rings. The summed E-state index contributed by atoms with van der Waals surface area (Å²) in [6.45, 7) is 0.172.